The van der Waals surface area contributed by atoms with E-state index in [1.807, 2.05) is 0 Å². The lowest BCUT2D eigenvalue weighted by atomic mass is 10.2. The number of halogens is 2. The van der Waals surface area contributed by atoms with E-state index in [1.165, 1.54) is 6.07 Å². The largest absolute Gasteiger partial charge is 0.454 e. The summed E-state index contributed by atoms with van der Waals surface area (Å²) < 4.78 is 29.7. The molecule has 3 nitrogen and oxygen atoms in total. The van der Waals surface area contributed by atoms with Gasteiger partial charge in [-0.1, -0.05) is 6.07 Å². The predicted octanol–water partition coefficient (Wildman–Crippen LogP) is 4.09. The summed E-state index contributed by atoms with van der Waals surface area (Å²) in [6, 6.07) is 9.72. The lowest BCUT2D eigenvalue weighted by Crippen LogP contribution is -1.93. The highest BCUT2D eigenvalue weighted by Crippen LogP contribution is 2.37. The van der Waals surface area contributed by atoms with Crippen LogP contribution in [0.5, 0.6) is 23.0 Å². The average molecular weight is 281 g/mol. The maximum atomic E-state index is 13.8. The van der Waals surface area contributed by atoms with Crippen LogP contribution in [0, 0.1) is 5.82 Å². The summed E-state index contributed by atoms with van der Waals surface area (Å²) in [6.07, 6.45) is 0. The second kappa shape index (κ2) is 4.97. The number of alkyl halides is 1. The van der Waals surface area contributed by atoms with Gasteiger partial charge in [-0.2, -0.15) is 0 Å². The molecule has 1 aliphatic rings. The van der Waals surface area contributed by atoms with Crippen LogP contribution in [0.15, 0.2) is 36.4 Å². The SMILES string of the molecule is Fc1cc(CCl)ccc1Oc1ccc2c(c1)OCO2. The Balaban J connectivity index is 1.85. The van der Waals surface area contributed by atoms with Gasteiger partial charge in [0.1, 0.15) is 5.75 Å². The van der Waals surface area contributed by atoms with Gasteiger partial charge < -0.3 is 14.2 Å². The van der Waals surface area contributed by atoms with Crippen molar-refractivity contribution >= 4 is 11.6 Å². The third kappa shape index (κ3) is 2.44. The molecule has 19 heavy (non-hydrogen) atoms. The topological polar surface area (TPSA) is 27.7 Å². The lowest BCUT2D eigenvalue weighted by Gasteiger charge is -2.08. The van der Waals surface area contributed by atoms with Crippen molar-refractivity contribution in [2.75, 3.05) is 6.79 Å². The van der Waals surface area contributed by atoms with E-state index >= 15 is 0 Å². The van der Waals surface area contributed by atoms with E-state index in [9.17, 15) is 4.39 Å². The molecule has 1 heterocycles. The zero-order valence-electron chi connectivity index (χ0n) is 9.86. The number of ether oxygens (including phenoxy) is 3. The van der Waals surface area contributed by atoms with Gasteiger partial charge in [-0.05, 0) is 29.8 Å². The molecule has 98 valence electrons. The van der Waals surface area contributed by atoms with Gasteiger partial charge in [0.15, 0.2) is 23.1 Å². The Hall–Kier alpha value is -1.94. The van der Waals surface area contributed by atoms with Crippen molar-refractivity contribution in [1.82, 2.24) is 0 Å². The van der Waals surface area contributed by atoms with Crippen LogP contribution in [0.25, 0.3) is 0 Å². The molecule has 0 radical (unpaired) electrons. The minimum Gasteiger partial charge on any atom is -0.454 e. The van der Waals surface area contributed by atoms with Gasteiger partial charge in [-0.25, -0.2) is 4.39 Å². The van der Waals surface area contributed by atoms with Crippen LogP contribution < -0.4 is 14.2 Å². The first-order chi connectivity index (χ1) is 9.26. The molecule has 0 aliphatic carbocycles. The fourth-order valence-electron chi connectivity index (χ4n) is 1.78. The number of rotatable bonds is 3. The third-order valence-corrected chi connectivity index (χ3v) is 3.03. The van der Waals surface area contributed by atoms with Crippen molar-refractivity contribution in [3.05, 3.63) is 47.8 Å². The van der Waals surface area contributed by atoms with Gasteiger partial charge in [0.05, 0.1) is 0 Å². The molecule has 2 aromatic rings. The van der Waals surface area contributed by atoms with Crippen LogP contribution in [0.3, 0.4) is 0 Å². The van der Waals surface area contributed by atoms with Crippen molar-refractivity contribution < 1.29 is 18.6 Å². The first kappa shape index (κ1) is 12.1. The summed E-state index contributed by atoms with van der Waals surface area (Å²) in [5.74, 6) is 1.70. The van der Waals surface area contributed by atoms with E-state index in [0.717, 1.165) is 0 Å². The van der Waals surface area contributed by atoms with Gasteiger partial charge in [0, 0.05) is 11.9 Å². The molecule has 0 aromatic heterocycles. The molecular weight excluding hydrogens is 271 g/mol. The zero-order valence-corrected chi connectivity index (χ0v) is 10.6. The number of hydrogen-bond acceptors (Lipinski definition) is 3. The monoisotopic (exact) mass is 280 g/mol. The molecular formula is C14H10ClFO3. The lowest BCUT2D eigenvalue weighted by molar-refractivity contribution is 0.174. The molecule has 0 spiro atoms. The number of hydrogen-bond donors (Lipinski definition) is 0. The Morgan fingerprint density at radius 1 is 1.11 bits per heavy atom. The Kier molecular flexibility index (Phi) is 3.17. The molecule has 0 N–H and O–H groups in total. The normalized spacial score (nSPS) is 12.5. The smallest absolute Gasteiger partial charge is 0.231 e. The highest BCUT2D eigenvalue weighted by molar-refractivity contribution is 6.17. The van der Waals surface area contributed by atoms with Crippen LogP contribution >= 0.6 is 11.6 Å². The van der Waals surface area contributed by atoms with Gasteiger partial charge in [0.2, 0.25) is 6.79 Å². The zero-order chi connectivity index (χ0) is 13.2. The van der Waals surface area contributed by atoms with Crippen molar-refractivity contribution in [3.63, 3.8) is 0 Å². The molecule has 0 fully saturated rings. The van der Waals surface area contributed by atoms with Crippen LogP contribution in [0.1, 0.15) is 5.56 Å². The fraction of sp³-hybridized carbons (Fsp3) is 0.143. The standard InChI is InChI=1S/C14H10ClFO3/c15-7-9-1-3-12(11(16)5-9)19-10-2-4-13-14(6-10)18-8-17-13/h1-6H,7-8H2. The van der Waals surface area contributed by atoms with Gasteiger partial charge in [-0.3, -0.25) is 0 Å². The van der Waals surface area contributed by atoms with E-state index in [1.54, 1.807) is 30.3 Å². The van der Waals surface area contributed by atoms with Gasteiger partial charge in [0.25, 0.3) is 0 Å². The Labute approximate surface area is 114 Å². The van der Waals surface area contributed by atoms with Crippen molar-refractivity contribution in [2.45, 2.75) is 5.88 Å². The van der Waals surface area contributed by atoms with Crippen LogP contribution in [-0.2, 0) is 5.88 Å². The maximum absolute atomic E-state index is 13.8. The van der Waals surface area contributed by atoms with E-state index in [2.05, 4.69) is 0 Å². The Morgan fingerprint density at radius 2 is 1.95 bits per heavy atom. The van der Waals surface area contributed by atoms with Crippen molar-refractivity contribution in [1.29, 1.82) is 0 Å². The molecule has 5 heteroatoms. The van der Waals surface area contributed by atoms with E-state index < -0.39 is 5.82 Å². The van der Waals surface area contributed by atoms with Crippen molar-refractivity contribution in [3.8, 4) is 23.0 Å². The molecule has 0 saturated carbocycles. The summed E-state index contributed by atoms with van der Waals surface area (Å²) >= 11 is 5.64. The Morgan fingerprint density at radius 3 is 2.74 bits per heavy atom. The molecule has 2 aromatic carbocycles. The molecule has 0 unspecified atom stereocenters. The van der Waals surface area contributed by atoms with Crippen LogP contribution in [0.2, 0.25) is 0 Å². The first-order valence-electron chi connectivity index (χ1n) is 5.68. The van der Waals surface area contributed by atoms with Crippen LogP contribution in [0.4, 0.5) is 4.39 Å². The molecule has 0 saturated heterocycles. The second-order valence-electron chi connectivity index (χ2n) is 4.02. The summed E-state index contributed by atoms with van der Waals surface area (Å²) in [4.78, 5) is 0. The van der Waals surface area contributed by atoms with Crippen molar-refractivity contribution in [2.24, 2.45) is 0 Å². The molecule has 3 rings (SSSR count). The average Bonchev–Trinajstić information content (AvgIpc) is 2.88. The Bertz CT molecular complexity index is 616. The number of benzene rings is 2. The number of fused-ring (bicyclic) bond motifs is 1. The summed E-state index contributed by atoms with van der Waals surface area (Å²) in [6.45, 7) is 0.192. The minimum absolute atomic E-state index is 0.146. The molecule has 0 atom stereocenters. The molecule has 0 amide bonds. The van der Waals surface area contributed by atoms with E-state index in [0.29, 0.717) is 22.8 Å². The predicted molar refractivity (Wildman–Crippen MR) is 68.6 cm³/mol. The van der Waals surface area contributed by atoms with Crippen LogP contribution in [-0.4, -0.2) is 6.79 Å². The van der Waals surface area contributed by atoms with Gasteiger partial charge >= 0.3 is 0 Å². The fourth-order valence-corrected chi connectivity index (χ4v) is 1.94. The van der Waals surface area contributed by atoms with Gasteiger partial charge in [-0.15, -0.1) is 11.6 Å². The first-order valence-corrected chi connectivity index (χ1v) is 6.21. The molecule has 1 aliphatic heterocycles. The van der Waals surface area contributed by atoms with E-state index in [-0.39, 0.29) is 18.4 Å². The maximum Gasteiger partial charge on any atom is 0.231 e. The molecule has 0 bridgehead atoms. The minimum atomic E-state index is -0.448. The highest BCUT2D eigenvalue weighted by atomic mass is 35.5. The quantitative estimate of drug-likeness (QED) is 0.793. The van der Waals surface area contributed by atoms with E-state index in [4.69, 9.17) is 25.8 Å². The highest BCUT2D eigenvalue weighted by Gasteiger charge is 2.14. The summed E-state index contributed by atoms with van der Waals surface area (Å²) in [7, 11) is 0. The second-order valence-corrected chi connectivity index (χ2v) is 4.28. The third-order valence-electron chi connectivity index (χ3n) is 2.72. The summed E-state index contributed by atoms with van der Waals surface area (Å²) in [5, 5.41) is 0. The summed E-state index contributed by atoms with van der Waals surface area (Å²) in [5.41, 5.74) is 0.706.